The van der Waals surface area contributed by atoms with Crippen LogP contribution in [0.1, 0.15) is 47.8 Å². The van der Waals surface area contributed by atoms with Gasteiger partial charge in [0.15, 0.2) is 0 Å². The zero-order valence-corrected chi connectivity index (χ0v) is 21.0. The highest BCUT2D eigenvalue weighted by Gasteiger charge is 2.37. The number of anilines is 1. The number of non-ortho nitro benzene ring substituents is 1. The van der Waals surface area contributed by atoms with Crippen molar-refractivity contribution < 1.29 is 28.8 Å². The van der Waals surface area contributed by atoms with Crippen LogP contribution >= 0.6 is 0 Å². The van der Waals surface area contributed by atoms with Crippen molar-refractivity contribution in [2.75, 3.05) is 4.90 Å². The molecule has 9 heteroatoms. The number of fused-ring (bicyclic) bond motifs is 1. The quantitative estimate of drug-likeness (QED) is 0.123. The van der Waals surface area contributed by atoms with E-state index < -0.39 is 22.7 Å². The minimum absolute atomic E-state index is 0.0566. The summed E-state index contributed by atoms with van der Waals surface area (Å²) in [6.07, 6.45) is 0. The van der Waals surface area contributed by atoms with Gasteiger partial charge in [0.1, 0.15) is 18.1 Å². The van der Waals surface area contributed by atoms with E-state index in [0.29, 0.717) is 22.7 Å². The first kappa shape index (κ1) is 25.3. The van der Waals surface area contributed by atoms with Gasteiger partial charge < -0.3 is 9.47 Å². The van der Waals surface area contributed by atoms with Gasteiger partial charge in [-0.25, -0.2) is 9.69 Å². The minimum Gasteiger partial charge on any atom is -0.457 e. The molecule has 0 atom stereocenters. The highest BCUT2D eigenvalue weighted by molar-refractivity contribution is 6.34. The van der Waals surface area contributed by atoms with Gasteiger partial charge in [0.25, 0.3) is 17.5 Å². The molecule has 0 saturated heterocycles. The third-order valence-electron chi connectivity index (χ3n) is 6.45. The van der Waals surface area contributed by atoms with Gasteiger partial charge >= 0.3 is 5.97 Å². The number of hydrogen-bond acceptors (Lipinski definition) is 7. The van der Waals surface area contributed by atoms with E-state index in [1.807, 2.05) is 32.0 Å². The van der Waals surface area contributed by atoms with E-state index >= 15 is 0 Å². The molecule has 0 spiro atoms. The van der Waals surface area contributed by atoms with Crippen LogP contribution in [0, 0.1) is 24.0 Å². The monoisotopic (exact) mass is 522 g/mol. The second kappa shape index (κ2) is 10.2. The second-order valence-electron chi connectivity index (χ2n) is 9.05. The predicted molar refractivity (Wildman–Crippen MR) is 142 cm³/mol. The van der Waals surface area contributed by atoms with Crippen LogP contribution in [0.15, 0.2) is 84.9 Å². The summed E-state index contributed by atoms with van der Waals surface area (Å²) in [7, 11) is 0. The number of nitrogens with zero attached hydrogens (tertiary/aromatic N) is 2. The van der Waals surface area contributed by atoms with E-state index in [2.05, 4.69) is 0 Å². The number of carbonyl (C=O) groups is 3. The molecule has 2 amide bonds. The summed E-state index contributed by atoms with van der Waals surface area (Å²) >= 11 is 0. The summed E-state index contributed by atoms with van der Waals surface area (Å²) < 4.78 is 11.2. The fourth-order valence-corrected chi connectivity index (χ4v) is 4.12. The number of carbonyl (C=O) groups excluding carboxylic acids is 3. The van der Waals surface area contributed by atoms with Gasteiger partial charge in [0.2, 0.25) is 0 Å². The summed E-state index contributed by atoms with van der Waals surface area (Å²) in [5, 5.41) is 10.8. The zero-order chi connectivity index (χ0) is 27.7. The lowest BCUT2D eigenvalue weighted by atomic mass is 10.1. The maximum absolute atomic E-state index is 13.2. The van der Waals surface area contributed by atoms with E-state index in [1.54, 1.807) is 18.2 Å². The molecular weight excluding hydrogens is 500 g/mol. The molecule has 5 rings (SSSR count). The van der Waals surface area contributed by atoms with E-state index in [-0.39, 0.29) is 29.0 Å². The fourth-order valence-electron chi connectivity index (χ4n) is 4.12. The van der Waals surface area contributed by atoms with Crippen LogP contribution in [-0.4, -0.2) is 22.7 Å². The molecule has 0 unspecified atom stereocenters. The van der Waals surface area contributed by atoms with Crippen LogP contribution in [0.4, 0.5) is 11.4 Å². The Hall–Kier alpha value is -5.31. The van der Waals surface area contributed by atoms with E-state index in [9.17, 15) is 24.5 Å². The maximum Gasteiger partial charge on any atom is 0.338 e. The lowest BCUT2D eigenvalue weighted by Gasteiger charge is -2.14. The van der Waals surface area contributed by atoms with Crippen molar-refractivity contribution in [3.63, 3.8) is 0 Å². The third-order valence-corrected chi connectivity index (χ3v) is 6.45. The number of nitro benzene ring substituents is 1. The maximum atomic E-state index is 13.2. The molecule has 1 heterocycles. The number of rotatable bonds is 7. The standard InChI is InChI=1S/C30H22N2O7/c1-18-3-12-24(15-19(18)2)39-25-13-14-26-27(16-25)29(34)31(28(26)33)22-10-6-21(7-11-22)30(35)38-17-20-4-8-23(9-5-20)32(36)37/h3-16H,17H2,1-2H3. The van der Waals surface area contributed by atoms with E-state index in [1.165, 1.54) is 48.5 Å². The van der Waals surface area contributed by atoms with E-state index in [0.717, 1.165) is 16.0 Å². The molecule has 0 bridgehead atoms. The van der Waals surface area contributed by atoms with Gasteiger partial charge in [-0.2, -0.15) is 0 Å². The smallest absolute Gasteiger partial charge is 0.338 e. The first-order valence-electron chi connectivity index (χ1n) is 12.0. The normalized spacial score (nSPS) is 12.3. The zero-order valence-electron chi connectivity index (χ0n) is 21.0. The molecule has 0 aliphatic carbocycles. The van der Waals surface area contributed by atoms with Gasteiger partial charge in [0, 0.05) is 12.1 Å². The number of imide groups is 1. The Morgan fingerprint density at radius 2 is 1.44 bits per heavy atom. The molecule has 1 aliphatic rings. The molecule has 0 fully saturated rings. The number of ether oxygens (including phenoxy) is 2. The molecule has 194 valence electrons. The van der Waals surface area contributed by atoms with Crippen LogP contribution in [0.3, 0.4) is 0 Å². The molecule has 9 nitrogen and oxygen atoms in total. The first-order valence-corrected chi connectivity index (χ1v) is 12.0. The third kappa shape index (κ3) is 5.10. The molecule has 4 aromatic rings. The van der Waals surface area contributed by atoms with Crippen LogP contribution < -0.4 is 9.64 Å². The van der Waals surface area contributed by atoms with Gasteiger partial charge in [-0.1, -0.05) is 6.07 Å². The minimum atomic E-state index is -0.615. The summed E-state index contributed by atoms with van der Waals surface area (Å²) in [6.45, 7) is 3.92. The average molecular weight is 523 g/mol. The Bertz CT molecular complexity index is 1630. The SMILES string of the molecule is Cc1ccc(Oc2ccc3c(c2)C(=O)N(c2ccc(C(=O)OCc4ccc([N+](=O)[O-])cc4)cc2)C3=O)cc1C. The highest BCUT2D eigenvalue weighted by Crippen LogP contribution is 2.33. The lowest BCUT2D eigenvalue weighted by Crippen LogP contribution is -2.29. The Labute approximate surface area is 223 Å². The summed E-state index contributed by atoms with van der Waals surface area (Å²) in [4.78, 5) is 50.0. The van der Waals surface area contributed by atoms with Crippen molar-refractivity contribution in [3.8, 4) is 11.5 Å². The Morgan fingerprint density at radius 1 is 0.795 bits per heavy atom. The molecule has 1 aliphatic heterocycles. The van der Waals surface area contributed by atoms with Gasteiger partial charge in [-0.15, -0.1) is 0 Å². The Kier molecular flexibility index (Phi) is 6.64. The van der Waals surface area contributed by atoms with Crippen molar-refractivity contribution >= 4 is 29.2 Å². The summed E-state index contributed by atoms with van der Waals surface area (Å²) in [6, 6.07) is 22.1. The summed E-state index contributed by atoms with van der Waals surface area (Å²) in [5.74, 6) is -0.514. The molecular formula is C30H22N2O7. The molecule has 0 N–H and O–H groups in total. The molecule has 0 radical (unpaired) electrons. The first-order chi connectivity index (χ1) is 18.7. The Morgan fingerprint density at radius 3 is 2.10 bits per heavy atom. The van der Waals surface area contributed by atoms with E-state index in [4.69, 9.17) is 9.47 Å². The number of nitro groups is 1. The van der Waals surface area contributed by atoms with Gasteiger partial charge in [0.05, 0.1) is 27.3 Å². The molecule has 0 aromatic heterocycles. The van der Waals surface area contributed by atoms with Crippen molar-refractivity contribution in [2.45, 2.75) is 20.5 Å². The van der Waals surface area contributed by atoms with Crippen molar-refractivity contribution in [3.05, 3.63) is 128 Å². The van der Waals surface area contributed by atoms with Crippen molar-refractivity contribution in [1.29, 1.82) is 0 Å². The van der Waals surface area contributed by atoms with Gasteiger partial charge in [-0.3, -0.25) is 19.7 Å². The second-order valence-corrected chi connectivity index (χ2v) is 9.05. The van der Waals surface area contributed by atoms with Crippen molar-refractivity contribution in [2.24, 2.45) is 0 Å². The topological polar surface area (TPSA) is 116 Å². The number of benzene rings is 4. The lowest BCUT2D eigenvalue weighted by molar-refractivity contribution is -0.384. The number of amides is 2. The fraction of sp³-hybridized carbons (Fsp3) is 0.100. The number of esters is 1. The van der Waals surface area contributed by atoms with Crippen molar-refractivity contribution in [1.82, 2.24) is 0 Å². The largest absolute Gasteiger partial charge is 0.457 e. The van der Waals surface area contributed by atoms with Gasteiger partial charge in [-0.05, 0) is 97.3 Å². The van der Waals surface area contributed by atoms with Crippen LogP contribution in [0.5, 0.6) is 11.5 Å². The molecule has 0 saturated carbocycles. The molecule has 4 aromatic carbocycles. The molecule has 39 heavy (non-hydrogen) atoms. The van der Waals surface area contributed by atoms with Crippen LogP contribution in [-0.2, 0) is 11.3 Å². The van der Waals surface area contributed by atoms with Crippen LogP contribution in [0.2, 0.25) is 0 Å². The predicted octanol–water partition coefficient (Wildman–Crippen LogP) is 6.16. The summed E-state index contributed by atoms with van der Waals surface area (Å²) in [5.41, 5.74) is 3.77. The highest BCUT2D eigenvalue weighted by atomic mass is 16.6. The average Bonchev–Trinajstić information content (AvgIpc) is 3.18. The number of hydrogen-bond donors (Lipinski definition) is 0. The Balaban J connectivity index is 1.27. The van der Waals surface area contributed by atoms with Crippen LogP contribution in [0.25, 0.3) is 0 Å². The number of aryl methyl sites for hydroxylation is 2.